The molecule has 0 fully saturated rings. The van der Waals surface area contributed by atoms with Crippen molar-refractivity contribution in [2.45, 2.75) is 44.1 Å². The molecular weight excluding hydrogens is 440 g/mol. The Kier molecular flexibility index (Phi) is 6.02. The minimum atomic E-state index is -0.363. The van der Waals surface area contributed by atoms with Gasteiger partial charge in [-0.25, -0.2) is 4.98 Å². The summed E-state index contributed by atoms with van der Waals surface area (Å²) in [6, 6.07) is 4.09. The summed E-state index contributed by atoms with van der Waals surface area (Å²) < 4.78 is 1.95. The highest BCUT2D eigenvalue weighted by molar-refractivity contribution is 7.98. The lowest BCUT2D eigenvalue weighted by molar-refractivity contribution is -0.118. The number of nitrogens with two attached hydrogens (primary N) is 1. The molecule has 156 valence electrons. The highest BCUT2D eigenvalue weighted by Gasteiger charge is 2.16. The van der Waals surface area contributed by atoms with Crippen LogP contribution < -0.4 is 11.3 Å². The van der Waals surface area contributed by atoms with Crippen LogP contribution >= 0.6 is 34.4 Å². The second-order valence-corrected chi connectivity index (χ2v) is 9.74. The molecule has 1 amide bonds. The van der Waals surface area contributed by atoms with Crippen LogP contribution in [0.4, 0.5) is 0 Å². The molecule has 0 atom stereocenters. The number of fused-ring (bicyclic) bond motifs is 1. The summed E-state index contributed by atoms with van der Waals surface area (Å²) in [5.41, 5.74) is 6.04. The molecule has 0 radical (unpaired) electrons. The number of carbonyl (C=O) groups excluding carboxylic acids is 1. The molecule has 30 heavy (non-hydrogen) atoms. The number of thioether (sulfide) groups is 1. The molecule has 0 unspecified atom stereocenters. The van der Waals surface area contributed by atoms with Crippen molar-refractivity contribution in [2.75, 3.05) is 0 Å². The van der Waals surface area contributed by atoms with E-state index in [0.29, 0.717) is 29.9 Å². The molecule has 0 aliphatic rings. The van der Waals surface area contributed by atoms with Gasteiger partial charge < -0.3 is 15.3 Å². The van der Waals surface area contributed by atoms with Gasteiger partial charge in [-0.3, -0.25) is 9.59 Å². The molecule has 11 heteroatoms. The van der Waals surface area contributed by atoms with Crippen LogP contribution in [-0.2, 0) is 23.5 Å². The van der Waals surface area contributed by atoms with Gasteiger partial charge >= 0.3 is 0 Å². The second-order valence-electron chi connectivity index (χ2n) is 6.65. The maximum Gasteiger partial charge on any atom is 0.260 e. The molecule has 0 bridgehead atoms. The predicted molar refractivity (Wildman–Crippen MR) is 121 cm³/mol. The molecule has 0 saturated carbocycles. The average Bonchev–Trinajstić information content (AvgIpc) is 3.42. The van der Waals surface area contributed by atoms with E-state index in [1.54, 1.807) is 11.3 Å². The Morgan fingerprint density at radius 3 is 2.87 bits per heavy atom. The molecule has 3 N–H and O–H groups in total. The third kappa shape index (κ3) is 4.18. The molecule has 4 aromatic heterocycles. The Morgan fingerprint density at radius 2 is 2.17 bits per heavy atom. The molecule has 0 aromatic carbocycles. The zero-order valence-corrected chi connectivity index (χ0v) is 18.9. The van der Waals surface area contributed by atoms with Gasteiger partial charge in [-0.15, -0.1) is 32.9 Å². The summed E-state index contributed by atoms with van der Waals surface area (Å²) in [7, 11) is 0. The van der Waals surface area contributed by atoms with Crippen molar-refractivity contribution in [1.29, 1.82) is 0 Å². The van der Waals surface area contributed by atoms with Crippen molar-refractivity contribution >= 4 is 50.6 Å². The van der Waals surface area contributed by atoms with E-state index in [-0.39, 0.29) is 17.9 Å². The highest BCUT2D eigenvalue weighted by Crippen LogP contribution is 2.35. The first-order valence-electron chi connectivity index (χ1n) is 9.36. The number of nitrogens with one attached hydrogen (secondary N) is 1. The maximum atomic E-state index is 12.8. The summed E-state index contributed by atoms with van der Waals surface area (Å²) >= 11 is 4.60. The van der Waals surface area contributed by atoms with Crippen LogP contribution in [0.15, 0.2) is 27.5 Å². The maximum absolute atomic E-state index is 12.8. The first kappa shape index (κ1) is 20.8. The Morgan fingerprint density at radius 1 is 1.33 bits per heavy atom. The van der Waals surface area contributed by atoms with Gasteiger partial charge in [0, 0.05) is 40.1 Å². The molecule has 0 saturated heterocycles. The molecule has 4 rings (SSSR count). The number of amides is 1. The second kappa shape index (κ2) is 8.70. The first-order valence-corrected chi connectivity index (χ1v) is 12.0. The van der Waals surface area contributed by atoms with Gasteiger partial charge in [-0.1, -0.05) is 11.8 Å². The molecular formula is C19H20N6O2S3. The zero-order chi connectivity index (χ0) is 21.3. The van der Waals surface area contributed by atoms with Gasteiger partial charge in [-0.2, -0.15) is 0 Å². The topological polar surface area (TPSA) is 120 Å². The fourth-order valence-corrected chi connectivity index (χ4v) is 5.93. The van der Waals surface area contributed by atoms with E-state index in [1.165, 1.54) is 28.0 Å². The van der Waals surface area contributed by atoms with Crippen molar-refractivity contribution in [3.05, 3.63) is 44.4 Å². The van der Waals surface area contributed by atoms with Crippen LogP contribution in [0.1, 0.15) is 29.9 Å². The quantitative estimate of drug-likeness (QED) is 0.389. The van der Waals surface area contributed by atoms with E-state index < -0.39 is 0 Å². The number of thiophene rings is 2. The third-order valence-electron chi connectivity index (χ3n) is 4.54. The lowest BCUT2D eigenvalue weighted by Gasteiger charge is -2.06. The number of H-pyrrole nitrogens is 1. The van der Waals surface area contributed by atoms with Crippen molar-refractivity contribution < 1.29 is 4.79 Å². The van der Waals surface area contributed by atoms with E-state index in [2.05, 4.69) is 33.2 Å². The monoisotopic (exact) mass is 460 g/mol. The van der Waals surface area contributed by atoms with Crippen LogP contribution in [-0.4, -0.2) is 30.6 Å². The Hall–Kier alpha value is -2.50. The molecule has 8 nitrogen and oxygen atoms in total. The van der Waals surface area contributed by atoms with E-state index in [1.807, 2.05) is 22.9 Å². The number of carbonyl (C=O) groups is 1. The summed E-state index contributed by atoms with van der Waals surface area (Å²) in [6.07, 6.45) is 0.691. The largest absolute Gasteiger partial charge is 0.370 e. The van der Waals surface area contributed by atoms with Gasteiger partial charge in [0.2, 0.25) is 5.91 Å². The number of primary amides is 1. The normalized spacial score (nSPS) is 11.4. The smallest absolute Gasteiger partial charge is 0.260 e. The number of aromatic amines is 1. The third-order valence-corrected chi connectivity index (χ3v) is 7.43. The van der Waals surface area contributed by atoms with Gasteiger partial charge in [0.15, 0.2) is 5.16 Å². The highest BCUT2D eigenvalue weighted by atomic mass is 32.2. The van der Waals surface area contributed by atoms with Crippen LogP contribution in [0.5, 0.6) is 0 Å². The number of nitrogens with zero attached hydrogens (tertiary/aromatic N) is 4. The van der Waals surface area contributed by atoms with E-state index in [4.69, 9.17) is 5.73 Å². The Balaban J connectivity index is 1.55. The summed E-state index contributed by atoms with van der Waals surface area (Å²) in [4.78, 5) is 34.4. The van der Waals surface area contributed by atoms with E-state index in [0.717, 1.165) is 26.3 Å². The lowest BCUT2D eigenvalue weighted by atomic mass is 10.2. The SMILES string of the molecule is CCn1c(CCC(N)=O)nnc1SCc1nc2scc(-c3ccc(C)s3)c2c(=O)[nH]1. The van der Waals surface area contributed by atoms with Gasteiger partial charge in [0.25, 0.3) is 5.56 Å². The predicted octanol–water partition coefficient (Wildman–Crippen LogP) is 3.34. The van der Waals surface area contributed by atoms with Crippen LogP contribution in [0, 0.1) is 6.92 Å². The van der Waals surface area contributed by atoms with E-state index in [9.17, 15) is 9.59 Å². The summed E-state index contributed by atoms with van der Waals surface area (Å²) in [5, 5.41) is 11.7. The number of hydrogen-bond donors (Lipinski definition) is 2. The van der Waals surface area contributed by atoms with Gasteiger partial charge in [-0.05, 0) is 26.0 Å². The standard InChI is InChI=1S/C19H20N6O2S3/c1-3-25-15(7-6-13(20)26)23-24-19(25)29-9-14-21-17(27)16-11(8-28-18(16)22-14)12-5-4-10(2)30-12/h4-5,8H,3,6-7,9H2,1-2H3,(H2,20,26)(H,21,22,27). The Bertz CT molecular complexity index is 1270. The van der Waals surface area contributed by atoms with Gasteiger partial charge in [0.05, 0.1) is 11.1 Å². The van der Waals surface area contributed by atoms with Crippen LogP contribution in [0.25, 0.3) is 20.7 Å². The van der Waals surface area contributed by atoms with Crippen molar-refractivity contribution in [1.82, 2.24) is 24.7 Å². The molecule has 0 aliphatic heterocycles. The minimum Gasteiger partial charge on any atom is -0.370 e. The minimum absolute atomic E-state index is 0.128. The fourth-order valence-electron chi connectivity index (χ4n) is 3.12. The van der Waals surface area contributed by atoms with Crippen molar-refractivity contribution in [3.63, 3.8) is 0 Å². The first-order chi connectivity index (χ1) is 14.5. The lowest BCUT2D eigenvalue weighted by Crippen LogP contribution is -2.13. The van der Waals surface area contributed by atoms with Crippen molar-refractivity contribution in [3.8, 4) is 10.4 Å². The molecule has 4 heterocycles. The number of aryl methyl sites for hydroxylation is 2. The zero-order valence-electron chi connectivity index (χ0n) is 16.5. The fraction of sp³-hybridized carbons (Fsp3) is 0.316. The average molecular weight is 461 g/mol. The molecule has 0 spiro atoms. The van der Waals surface area contributed by atoms with Crippen LogP contribution in [0.2, 0.25) is 0 Å². The van der Waals surface area contributed by atoms with Crippen molar-refractivity contribution in [2.24, 2.45) is 5.73 Å². The van der Waals surface area contributed by atoms with Crippen LogP contribution in [0.3, 0.4) is 0 Å². The van der Waals surface area contributed by atoms with Gasteiger partial charge in [0.1, 0.15) is 16.5 Å². The molecule has 4 aromatic rings. The molecule has 0 aliphatic carbocycles. The number of hydrogen-bond acceptors (Lipinski definition) is 8. The van der Waals surface area contributed by atoms with E-state index >= 15 is 0 Å². The number of rotatable bonds is 8. The Labute approximate surface area is 184 Å². The summed E-state index contributed by atoms with van der Waals surface area (Å²) in [6.45, 7) is 4.72. The summed E-state index contributed by atoms with van der Waals surface area (Å²) in [5.74, 6) is 1.42. The number of aromatic nitrogens is 5.